The highest BCUT2D eigenvalue weighted by atomic mass is 35.5. The van der Waals surface area contributed by atoms with E-state index in [1.807, 2.05) is 12.1 Å². The third-order valence-corrected chi connectivity index (χ3v) is 5.37. The standard InChI is InChI=1S/C18H14ClNO4S2/c1-2-13(17(22)23)20-16(21)15(26-18(20)25)9-12-6-7-14(24-12)10-4-3-5-11(19)8-10/h3-9,13H,2H2,1H3,(H,22,23)/p-1/b15-9+/t13-/m1/s1. The maximum atomic E-state index is 12.5. The minimum absolute atomic E-state index is 0.193. The number of hydrogen-bond donors (Lipinski definition) is 0. The number of nitrogens with zero attached hydrogens (tertiary/aromatic N) is 1. The smallest absolute Gasteiger partial charge is 0.266 e. The van der Waals surface area contributed by atoms with Crippen LogP contribution in [0.3, 0.4) is 0 Å². The minimum atomic E-state index is -1.33. The van der Waals surface area contributed by atoms with Crippen molar-refractivity contribution in [2.24, 2.45) is 0 Å². The lowest BCUT2D eigenvalue weighted by Crippen LogP contribution is -2.49. The second-order valence-corrected chi connectivity index (χ2v) is 7.62. The number of halogens is 1. The van der Waals surface area contributed by atoms with Crippen LogP contribution in [0.4, 0.5) is 0 Å². The highest BCUT2D eigenvalue weighted by Crippen LogP contribution is 2.35. The van der Waals surface area contributed by atoms with Gasteiger partial charge in [0, 0.05) is 16.7 Å². The number of carbonyl (C=O) groups excluding carboxylic acids is 2. The van der Waals surface area contributed by atoms with Crippen molar-refractivity contribution in [1.29, 1.82) is 0 Å². The van der Waals surface area contributed by atoms with Gasteiger partial charge in [-0.25, -0.2) is 0 Å². The SMILES string of the molecule is CC[C@H](C(=O)[O-])N1C(=O)/C(=C\c2ccc(-c3cccc(Cl)c3)o2)SC1=S. The maximum Gasteiger partial charge on any atom is 0.266 e. The van der Waals surface area contributed by atoms with E-state index in [4.69, 9.17) is 28.2 Å². The van der Waals surface area contributed by atoms with Crippen LogP contribution < -0.4 is 5.11 Å². The molecular weight excluding hydrogens is 394 g/mol. The number of amides is 1. The lowest BCUT2D eigenvalue weighted by Gasteiger charge is -2.26. The van der Waals surface area contributed by atoms with E-state index in [0.717, 1.165) is 22.2 Å². The van der Waals surface area contributed by atoms with Crippen molar-refractivity contribution in [1.82, 2.24) is 4.90 Å². The minimum Gasteiger partial charge on any atom is -0.548 e. The van der Waals surface area contributed by atoms with Gasteiger partial charge >= 0.3 is 0 Å². The molecule has 5 nitrogen and oxygen atoms in total. The van der Waals surface area contributed by atoms with Gasteiger partial charge in [-0.05, 0) is 30.7 Å². The van der Waals surface area contributed by atoms with Gasteiger partial charge < -0.3 is 14.3 Å². The number of benzene rings is 1. The van der Waals surface area contributed by atoms with Crippen molar-refractivity contribution in [2.45, 2.75) is 19.4 Å². The van der Waals surface area contributed by atoms with Crippen molar-refractivity contribution in [2.75, 3.05) is 0 Å². The largest absolute Gasteiger partial charge is 0.548 e. The highest BCUT2D eigenvalue weighted by Gasteiger charge is 2.37. The number of aliphatic carboxylic acids is 1. The molecule has 1 aromatic heterocycles. The van der Waals surface area contributed by atoms with Crippen molar-refractivity contribution in [3.05, 3.63) is 52.1 Å². The molecule has 26 heavy (non-hydrogen) atoms. The molecule has 8 heteroatoms. The van der Waals surface area contributed by atoms with E-state index in [0.29, 0.717) is 21.4 Å². The van der Waals surface area contributed by atoms with Gasteiger partial charge in [0.05, 0.1) is 16.9 Å². The summed E-state index contributed by atoms with van der Waals surface area (Å²) in [4.78, 5) is 25.2. The summed E-state index contributed by atoms with van der Waals surface area (Å²) in [5.74, 6) is -0.722. The molecule has 1 aliphatic rings. The molecule has 1 fully saturated rings. The molecule has 1 saturated heterocycles. The Morgan fingerprint density at radius 2 is 2.19 bits per heavy atom. The fourth-order valence-electron chi connectivity index (χ4n) is 2.56. The first-order valence-electron chi connectivity index (χ1n) is 7.74. The molecule has 0 unspecified atom stereocenters. The average molecular weight is 407 g/mol. The van der Waals surface area contributed by atoms with Gasteiger partial charge in [-0.1, -0.05) is 54.6 Å². The van der Waals surface area contributed by atoms with Gasteiger partial charge in [-0.2, -0.15) is 0 Å². The Balaban J connectivity index is 1.86. The van der Waals surface area contributed by atoms with Gasteiger partial charge in [0.25, 0.3) is 5.91 Å². The number of carboxylic acids is 1. The van der Waals surface area contributed by atoms with E-state index in [1.54, 1.807) is 37.3 Å². The second-order valence-electron chi connectivity index (χ2n) is 5.51. The predicted molar refractivity (Wildman–Crippen MR) is 103 cm³/mol. The summed E-state index contributed by atoms with van der Waals surface area (Å²) >= 11 is 12.2. The van der Waals surface area contributed by atoms with E-state index in [1.165, 1.54) is 0 Å². The number of furan rings is 1. The monoisotopic (exact) mass is 406 g/mol. The predicted octanol–water partition coefficient (Wildman–Crippen LogP) is 3.33. The Hall–Kier alpha value is -2.09. The summed E-state index contributed by atoms with van der Waals surface area (Å²) in [5, 5.41) is 11.8. The van der Waals surface area contributed by atoms with Crippen molar-refractivity contribution < 1.29 is 19.1 Å². The molecular formula is C18H13ClNO4S2-. The summed E-state index contributed by atoms with van der Waals surface area (Å²) in [7, 11) is 0. The number of rotatable bonds is 5. The van der Waals surface area contributed by atoms with Crippen LogP contribution >= 0.6 is 35.6 Å². The van der Waals surface area contributed by atoms with Crippen molar-refractivity contribution in [3.63, 3.8) is 0 Å². The van der Waals surface area contributed by atoms with E-state index in [9.17, 15) is 14.7 Å². The van der Waals surface area contributed by atoms with Crippen LogP contribution in [0.25, 0.3) is 17.4 Å². The van der Waals surface area contributed by atoms with Crippen LogP contribution in [0.1, 0.15) is 19.1 Å². The first-order chi connectivity index (χ1) is 12.4. The first-order valence-corrected chi connectivity index (χ1v) is 9.34. The number of carbonyl (C=O) groups is 2. The quantitative estimate of drug-likeness (QED) is 0.560. The fraction of sp³-hybridized carbons (Fsp3) is 0.167. The van der Waals surface area contributed by atoms with Gasteiger partial charge in [0.1, 0.15) is 15.8 Å². The zero-order valence-electron chi connectivity index (χ0n) is 13.6. The molecule has 1 aliphatic heterocycles. The van der Waals surface area contributed by atoms with Crippen LogP contribution in [0.2, 0.25) is 5.02 Å². The summed E-state index contributed by atoms with van der Waals surface area (Å²) in [6.07, 6.45) is 1.76. The van der Waals surface area contributed by atoms with Gasteiger partial charge in [0.15, 0.2) is 0 Å². The molecule has 1 aromatic carbocycles. The fourth-order valence-corrected chi connectivity index (χ4v) is 4.09. The van der Waals surface area contributed by atoms with Gasteiger partial charge in [-0.15, -0.1) is 0 Å². The first kappa shape index (κ1) is 18.7. The average Bonchev–Trinajstić information content (AvgIpc) is 3.16. The molecule has 0 saturated carbocycles. The summed E-state index contributed by atoms with van der Waals surface area (Å²) in [5.41, 5.74) is 0.813. The Bertz CT molecular complexity index is 921. The molecule has 0 spiro atoms. The van der Waals surface area contributed by atoms with Gasteiger partial charge in [0.2, 0.25) is 0 Å². The molecule has 0 aliphatic carbocycles. The Labute approximate surface area is 164 Å². The lowest BCUT2D eigenvalue weighted by molar-refractivity contribution is -0.310. The molecule has 3 rings (SSSR count). The van der Waals surface area contributed by atoms with Crippen LogP contribution in [-0.4, -0.2) is 27.1 Å². The second kappa shape index (κ2) is 7.65. The van der Waals surface area contributed by atoms with Crippen LogP contribution in [-0.2, 0) is 9.59 Å². The van der Waals surface area contributed by atoms with E-state index in [2.05, 4.69) is 0 Å². The third-order valence-electron chi connectivity index (χ3n) is 3.80. The molecule has 2 aromatic rings. The molecule has 0 radical (unpaired) electrons. The van der Waals surface area contributed by atoms with Crippen LogP contribution in [0, 0.1) is 0 Å². The highest BCUT2D eigenvalue weighted by molar-refractivity contribution is 8.26. The lowest BCUT2D eigenvalue weighted by atomic mass is 10.2. The molecule has 0 N–H and O–H groups in total. The molecule has 0 bridgehead atoms. The molecule has 2 heterocycles. The molecule has 1 amide bonds. The zero-order chi connectivity index (χ0) is 18.8. The Kier molecular flexibility index (Phi) is 5.50. The Morgan fingerprint density at radius 1 is 1.42 bits per heavy atom. The van der Waals surface area contributed by atoms with E-state index < -0.39 is 17.9 Å². The summed E-state index contributed by atoms with van der Waals surface area (Å²) in [6, 6.07) is 9.63. The Morgan fingerprint density at radius 3 is 2.85 bits per heavy atom. The van der Waals surface area contributed by atoms with E-state index in [-0.39, 0.29) is 10.7 Å². The maximum absolute atomic E-state index is 12.5. The van der Waals surface area contributed by atoms with Crippen LogP contribution in [0.15, 0.2) is 45.7 Å². The summed E-state index contributed by atoms with van der Waals surface area (Å²) in [6.45, 7) is 1.66. The number of carboxylic acid groups (broad SMARTS) is 1. The van der Waals surface area contributed by atoms with Crippen molar-refractivity contribution in [3.8, 4) is 11.3 Å². The number of thioether (sulfide) groups is 1. The molecule has 1 atom stereocenters. The number of hydrogen-bond acceptors (Lipinski definition) is 6. The molecule has 134 valence electrons. The van der Waals surface area contributed by atoms with Crippen molar-refractivity contribution >= 4 is 57.9 Å². The van der Waals surface area contributed by atoms with E-state index >= 15 is 0 Å². The third kappa shape index (κ3) is 3.70. The van der Waals surface area contributed by atoms with Crippen LogP contribution in [0.5, 0.6) is 0 Å². The number of thiocarbonyl (C=S) groups is 1. The summed E-state index contributed by atoms with van der Waals surface area (Å²) < 4.78 is 5.94. The topological polar surface area (TPSA) is 73.6 Å². The van der Waals surface area contributed by atoms with Gasteiger partial charge in [-0.3, -0.25) is 9.69 Å². The normalized spacial score (nSPS) is 17.2. The zero-order valence-corrected chi connectivity index (χ0v) is 16.0.